The van der Waals surface area contributed by atoms with Crippen molar-refractivity contribution in [3.05, 3.63) is 18.2 Å². The molecule has 0 aromatic carbocycles. The first-order valence-electron chi connectivity index (χ1n) is 10.4. The molecule has 2 nitrogen and oxygen atoms in total. The second-order valence-corrected chi connectivity index (χ2v) is 7.03. The molecule has 0 aliphatic carbocycles. The summed E-state index contributed by atoms with van der Waals surface area (Å²) in [6.45, 7) is 9.30. The van der Waals surface area contributed by atoms with E-state index in [9.17, 15) is 0 Å². The van der Waals surface area contributed by atoms with Crippen LogP contribution in [0.25, 0.3) is 0 Å². The van der Waals surface area contributed by atoms with Crippen LogP contribution in [-0.2, 0) is 19.5 Å². The van der Waals surface area contributed by atoms with Gasteiger partial charge in [-0.2, -0.15) is 0 Å². The molecule has 0 atom stereocenters. The van der Waals surface area contributed by atoms with E-state index in [-0.39, 0.29) is 0 Å². The van der Waals surface area contributed by atoms with Crippen molar-refractivity contribution in [1.29, 1.82) is 0 Å². The number of hydrogen-bond donors (Lipinski definition) is 0. The van der Waals surface area contributed by atoms with Crippen LogP contribution >= 0.6 is 0 Å². The van der Waals surface area contributed by atoms with Gasteiger partial charge in [-0.05, 0) is 32.1 Å². The molecule has 1 aromatic heterocycles. The summed E-state index contributed by atoms with van der Waals surface area (Å²) in [5, 5.41) is 0. The Hall–Kier alpha value is -0.790. The molecule has 0 spiro atoms. The average Bonchev–Trinajstić information content (AvgIpc) is 2.95. The van der Waals surface area contributed by atoms with Crippen LogP contribution in [0.4, 0.5) is 0 Å². The molecule has 1 aromatic rings. The summed E-state index contributed by atoms with van der Waals surface area (Å²) in [6, 6.07) is 0. The third-order valence-electron chi connectivity index (χ3n) is 4.85. The lowest BCUT2D eigenvalue weighted by Gasteiger charge is -2.05. The van der Waals surface area contributed by atoms with E-state index >= 15 is 0 Å². The summed E-state index contributed by atoms with van der Waals surface area (Å²) >= 11 is 0. The van der Waals surface area contributed by atoms with Crippen LogP contribution < -0.4 is 4.57 Å². The Labute approximate surface area is 145 Å². The fourth-order valence-corrected chi connectivity index (χ4v) is 3.30. The average molecular weight is 322 g/mol. The van der Waals surface area contributed by atoms with Gasteiger partial charge in [0.05, 0.1) is 13.1 Å². The highest BCUT2D eigenvalue weighted by Gasteiger charge is 2.15. The number of imidazole rings is 1. The van der Waals surface area contributed by atoms with Crippen LogP contribution in [0.2, 0.25) is 0 Å². The second-order valence-electron chi connectivity index (χ2n) is 7.03. The maximum Gasteiger partial charge on any atom is 0.256 e. The van der Waals surface area contributed by atoms with E-state index in [1.54, 1.807) is 5.82 Å². The van der Waals surface area contributed by atoms with E-state index in [4.69, 9.17) is 0 Å². The SMILES string of the molecule is CCCCCCCC[n+]1ccn(CCCCCC)c1CCCC. The van der Waals surface area contributed by atoms with E-state index in [1.165, 1.54) is 96.6 Å². The Kier molecular flexibility index (Phi) is 12.0. The Balaban J connectivity index is 2.44. The number of rotatable bonds is 15. The summed E-state index contributed by atoms with van der Waals surface area (Å²) in [5.41, 5.74) is 0. The molecule has 0 amide bonds. The minimum absolute atomic E-state index is 1.21. The fraction of sp³-hybridized carbons (Fsp3) is 0.857. The highest BCUT2D eigenvalue weighted by atomic mass is 15.1. The van der Waals surface area contributed by atoms with Crippen LogP contribution in [0.3, 0.4) is 0 Å². The van der Waals surface area contributed by atoms with Crippen molar-refractivity contribution in [2.45, 2.75) is 117 Å². The molecule has 1 heterocycles. The lowest BCUT2D eigenvalue weighted by atomic mass is 10.1. The lowest BCUT2D eigenvalue weighted by molar-refractivity contribution is -0.704. The molecule has 23 heavy (non-hydrogen) atoms. The molecule has 0 unspecified atom stereocenters. The minimum Gasteiger partial charge on any atom is -0.234 e. The molecule has 0 radical (unpaired) electrons. The molecular weight excluding hydrogens is 280 g/mol. The van der Waals surface area contributed by atoms with Crippen molar-refractivity contribution in [2.75, 3.05) is 0 Å². The van der Waals surface area contributed by atoms with Gasteiger partial charge in [0, 0.05) is 6.42 Å². The normalized spacial score (nSPS) is 11.3. The van der Waals surface area contributed by atoms with Gasteiger partial charge in [0.15, 0.2) is 0 Å². The monoisotopic (exact) mass is 321 g/mol. The van der Waals surface area contributed by atoms with E-state index in [0.717, 1.165) is 0 Å². The first-order chi connectivity index (χ1) is 11.3. The summed E-state index contributed by atoms with van der Waals surface area (Å²) < 4.78 is 5.07. The summed E-state index contributed by atoms with van der Waals surface area (Å²) in [7, 11) is 0. The molecule has 0 saturated heterocycles. The minimum atomic E-state index is 1.21. The van der Waals surface area contributed by atoms with E-state index in [1.807, 2.05) is 0 Å². The predicted molar refractivity (Wildman–Crippen MR) is 101 cm³/mol. The zero-order valence-corrected chi connectivity index (χ0v) is 16.2. The van der Waals surface area contributed by atoms with Crippen molar-refractivity contribution in [1.82, 2.24) is 4.57 Å². The van der Waals surface area contributed by atoms with Crippen molar-refractivity contribution in [2.24, 2.45) is 0 Å². The molecule has 1 rings (SSSR count). The fourth-order valence-electron chi connectivity index (χ4n) is 3.30. The Bertz CT molecular complexity index is 381. The molecular formula is C21H41N2+. The van der Waals surface area contributed by atoms with E-state index < -0.39 is 0 Å². The van der Waals surface area contributed by atoms with Crippen molar-refractivity contribution in [3.8, 4) is 0 Å². The summed E-state index contributed by atoms with van der Waals surface area (Å²) in [6.07, 6.45) is 22.2. The quantitative estimate of drug-likeness (QED) is 0.274. The number of nitrogens with zero attached hydrogens (tertiary/aromatic N) is 2. The predicted octanol–water partition coefficient (Wildman–Crippen LogP) is 6.06. The van der Waals surface area contributed by atoms with Gasteiger partial charge in [0.2, 0.25) is 0 Å². The van der Waals surface area contributed by atoms with Gasteiger partial charge >= 0.3 is 0 Å². The van der Waals surface area contributed by atoms with Crippen LogP contribution in [0.15, 0.2) is 12.4 Å². The van der Waals surface area contributed by atoms with E-state index in [0.29, 0.717) is 0 Å². The highest BCUT2D eigenvalue weighted by molar-refractivity contribution is 4.84. The van der Waals surface area contributed by atoms with Crippen LogP contribution in [0, 0.1) is 0 Å². The van der Waals surface area contributed by atoms with Gasteiger partial charge < -0.3 is 0 Å². The number of aromatic nitrogens is 2. The Morgan fingerprint density at radius 1 is 0.739 bits per heavy atom. The molecule has 0 bridgehead atoms. The van der Waals surface area contributed by atoms with Gasteiger partial charge in [-0.1, -0.05) is 65.7 Å². The van der Waals surface area contributed by atoms with Crippen molar-refractivity contribution in [3.63, 3.8) is 0 Å². The largest absolute Gasteiger partial charge is 0.256 e. The van der Waals surface area contributed by atoms with Crippen LogP contribution in [-0.4, -0.2) is 4.57 Å². The zero-order valence-electron chi connectivity index (χ0n) is 16.2. The third kappa shape index (κ3) is 8.58. The maximum absolute atomic E-state index is 2.54. The standard InChI is InChI=1S/C21H41N2/c1-4-7-10-12-13-15-18-23-20-19-22(17-14-11-8-5-2)21(23)16-9-6-3/h19-20H,4-18H2,1-3H3/q+1. The zero-order chi connectivity index (χ0) is 16.8. The van der Waals surface area contributed by atoms with Crippen LogP contribution in [0.1, 0.15) is 104 Å². The Morgan fingerprint density at radius 3 is 2.04 bits per heavy atom. The molecule has 0 saturated carbocycles. The lowest BCUT2D eigenvalue weighted by Crippen LogP contribution is -2.37. The van der Waals surface area contributed by atoms with Crippen molar-refractivity contribution < 1.29 is 4.57 Å². The van der Waals surface area contributed by atoms with Gasteiger partial charge in [0.25, 0.3) is 5.82 Å². The van der Waals surface area contributed by atoms with E-state index in [2.05, 4.69) is 42.3 Å². The van der Waals surface area contributed by atoms with Crippen molar-refractivity contribution >= 4 is 0 Å². The second kappa shape index (κ2) is 13.6. The summed E-state index contributed by atoms with van der Waals surface area (Å²) in [5.74, 6) is 1.57. The number of hydrogen-bond acceptors (Lipinski definition) is 0. The topological polar surface area (TPSA) is 8.81 Å². The maximum atomic E-state index is 2.54. The van der Waals surface area contributed by atoms with Gasteiger partial charge in [0.1, 0.15) is 12.4 Å². The molecule has 0 aliphatic heterocycles. The molecule has 0 N–H and O–H groups in total. The third-order valence-corrected chi connectivity index (χ3v) is 4.85. The molecule has 0 aliphatic rings. The van der Waals surface area contributed by atoms with Gasteiger partial charge in [-0.15, -0.1) is 0 Å². The Morgan fingerprint density at radius 2 is 1.35 bits per heavy atom. The first kappa shape index (κ1) is 20.3. The highest BCUT2D eigenvalue weighted by Crippen LogP contribution is 2.09. The molecule has 134 valence electrons. The van der Waals surface area contributed by atoms with Crippen LogP contribution in [0.5, 0.6) is 0 Å². The summed E-state index contributed by atoms with van der Waals surface area (Å²) in [4.78, 5) is 0. The van der Waals surface area contributed by atoms with Gasteiger partial charge in [-0.3, -0.25) is 0 Å². The molecule has 2 heteroatoms. The first-order valence-corrected chi connectivity index (χ1v) is 10.4. The number of unbranched alkanes of at least 4 members (excludes halogenated alkanes) is 9. The number of aryl methyl sites for hydroxylation is 2. The smallest absolute Gasteiger partial charge is 0.234 e. The van der Waals surface area contributed by atoms with Gasteiger partial charge in [-0.25, -0.2) is 9.13 Å². The molecule has 0 fully saturated rings.